The van der Waals surface area contributed by atoms with Gasteiger partial charge in [0.15, 0.2) is 11.0 Å². The van der Waals surface area contributed by atoms with E-state index in [1.807, 2.05) is 12.1 Å². The normalized spacial score (nSPS) is 13.1. The summed E-state index contributed by atoms with van der Waals surface area (Å²) in [5.41, 5.74) is 7.83. The topological polar surface area (TPSA) is 64.9 Å². The zero-order chi connectivity index (χ0) is 11.5. The van der Waals surface area contributed by atoms with Gasteiger partial charge in [-0.15, -0.1) is 11.8 Å². The lowest BCUT2D eigenvalue weighted by Gasteiger charge is -2.07. The number of hydrogen-bond acceptors (Lipinski definition) is 5. The number of anilines is 1. The Kier molecular flexibility index (Phi) is 3.33. The molecule has 0 bridgehead atoms. The predicted molar refractivity (Wildman–Crippen MR) is 66.4 cm³/mol. The van der Waals surface area contributed by atoms with Crippen molar-refractivity contribution >= 4 is 28.5 Å². The SMILES string of the molecule is CCC(C)CSc1ccc(N)c2nonc12. The van der Waals surface area contributed by atoms with Gasteiger partial charge in [-0.2, -0.15) is 0 Å². The van der Waals surface area contributed by atoms with Gasteiger partial charge in [0.1, 0.15) is 0 Å². The third-order valence-corrected chi connectivity index (χ3v) is 4.01. The number of rotatable bonds is 4. The lowest BCUT2D eigenvalue weighted by Crippen LogP contribution is -1.95. The van der Waals surface area contributed by atoms with Crippen LogP contribution in [0.1, 0.15) is 20.3 Å². The van der Waals surface area contributed by atoms with Gasteiger partial charge in [0.05, 0.1) is 5.69 Å². The van der Waals surface area contributed by atoms with Crippen molar-refractivity contribution in [2.75, 3.05) is 11.5 Å². The van der Waals surface area contributed by atoms with E-state index in [4.69, 9.17) is 10.4 Å². The molecule has 5 heteroatoms. The van der Waals surface area contributed by atoms with Gasteiger partial charge in [0.2, 0.25) is 0 Å². The molecule has 2 rings (SSSR count). The Morgan fingerprint density at radius 3 is 2.88 bits per heavy atom. The van der Waals surface area contributed by atoms with Gasteiger partial charge in [-0.1, -0.05) is 20.3 Å². The highest BCUT2D eigenvalue weighted by molar-refractivity contribution is 7.99. The maximum Gasteiger partial charge on any atom is 0.159 e. The summed E-state index contributed by atoms with van der Waals surface area (Å²) in [6.45, 7) is 4.43. The fourth-order valence-electron chi connectivity index (χ4n) is 1.33. The van der Waals surface area contributed by atoms with Crippen LogP contribution < -0.4 is 5.73 Å². The third kappa shape index (κ3) is 2.14. The van der Waals surface area contributed by atoms with Crippen LogP contribution in [0.15, 0.2) is 21.7 Å². The van der Waals surface area contributed by atoms with Crippen molar-refractivity contribution in [3.63, 3.8) is 0 Å². The number of aromatic nitrogens is 2. The summed E-state index contributed by atoms with van der Waals surface area (Å²) < 4.78 is 4.73. The minimum atomic E-state index is 0.615. The van der Waals surface area contributed by atoms with E-state index in [1.165, 1.54) is 6.42 Å². The summed E-state index contributed by atoms with van der Waals surface area (Å²) in [7, 11) is 0. The first-order valence-corrected chi connectivity index (χ1v) is 6.34. The minimum Gasteiger partial charge on any atom is -0.397 e. The molecule has 4 nitrogen and oxygen atoms in total. The van der Waals surface area contributed by atoms with Crippen LogP contribution in [0.4, 0.5) is 5.69 Å². The van der Waals surface area contributed by atoms with Crippen molar-refractivity contribution in [3.8, 4) is 0 Å². The molecule has 1 aromatic carbocycles. The smallest absolute Gasteiger partial charge is 0.159 e. The van der Waals surface area contributed by atoms with Crippen LogP contribution in [0, 0.1) is 5.92 Å². The predicted octanol–water partition coefficient (Wildman–Crippen LogP) is 2.94. The summed E-state index contributed by atoms with van der Waals surface area (Å²) in [5.74, 6) is 1.76. The molecule has 0 saturated carbocycles. The quantitative estimate of drug-likeness (QED) is 0.654. The molecule has 0 aliphatic heterocycles. The summed E-state index contributed by atoms with van der Waals surface area (Å²) in [4.78, 5) is 1.09. The van der Waals surface area contributed by atoms with E-state index in [-0.39, 0.29) is 0 Å². The van der Waals surface area contributed by atoms with Gasteiger partial charge in [-0.3, -0.25) is 0 Å². The first kappa shape index (κ1) is 11.3. The Hall–Kier alpha value is -1.23. The van der Waals surface area contributed by atoms with Gasteiger partial charge in [-0.25, -0.2) is 4.63 Å². The number of nitrogen functional groups attached to an aromatic ring is 1. The van der Waals surface area contributed by atoms with Crippen molar-refractivity contribution in [2.24, 2.45) is 5.92 Å². The second-order valence-corrected chi connectivity index (χ2v) is 5.00. The molecule has 1 unspecified atom stereocenters. The van der Waals surface area contributed by atoms with Crippen LogP contribution in [0.2, 0.25) is 0 Å². The highest BCUT2D eigenvalue weighted by atomic mass is 32.2. The highest BCUT2D eigenvalue weighted by Gasteiger charge is 2.11. The molecule has 2 aromatic rings. The number of thioether (sulfide) groups is 1. The highest BCUT2D eigenvalue weighted by Crippen LogP contribution is 2.30. The van der Waals surface area contributed by atoms with E-state index in [2.05, 4.69) is 24.2 Å². The first-order valence-electron chi connectivity index (χ1n) is 5.36. The lowest BCUT2D eigenvalue weighted by molar-refractivity contribution is 0.315. The number of nitrogens with two attached hydrogens (primary N) is 1. The molecule has 16 heavy (non-hydrogen) atoms. The molecule has 0 saturated heterocycles. The van der Waals surface area contributed by atoms with Gasteiger partial charge in [0, 0.05) is 10.6 Å². The number of benzene rings is 1. The molecule has 86 valence electrons. The van der Waals surface area contributed by atoms with Crippen molar-refractivity contribution in [1.29, 1.82) is 0 Å². The molecule has 1 aromatic heterocycles. The zero-order valence-electron chi connectivity index (χ0n) is 9.43. The van der Waals surface area contributed by atoms with Gasteiger partial charge in [0.25, 0.3) is 0 Å². The summed E-state index contributed by atoms with van der Waals surface area (Å²) in [5, 5.41) is 7.70. The molecule has 0 spiro atoms. The van der Waals surface area contributed by atoms with Crippen LogP contribution in [-0.4, -0.2) is 16.1 Å². The van der Waals surface area contributed by atoms with E-state index in [9.17, 15) is 0 Å². The Morgan fingerprint density at radius 2 is 2.12 bits per heavy atom. The summed E-state index contributed by atoms with van der Waals surface area (Å²) in [6, 6.07) is 3.83. The Labute approximate surface area is 98.5 Å². The second-order valence-electron chi connectivity index (χ2n) is 3.94. The molecular formula is C11H15N3OS. The van der Waals surface area contributed by atoms with E-state index in [1.54, 1.807) is 11.8 Å². The molecule has 0 fully saturated rings. The molecule has 2 N–H and O–H groups in total. The van der Waals surface area contributed by atoms with Crippen molar-refractivity contribution in [2.45, 2.75) is 25.2 Å². The van der Waals surface area contributed by atoms with Crippen LogP contribution >= 0.6 is 11.8 Å². The van der Waals surface area contributed by atoms with Crippen molar-refractivity contribution in [3.05, 3.63) is 12.1 Å². The van der Waals surface area contributed by atoms with Gasteiger partial charge < -0.3 is 5.73 Å². The van der Waals surface area contributed by atoms with E-state index >= 15 is 0 Å². The van der Waals surface area contributed by atoms with Crippen LogP contribution in [0.5, 0.6) is 0 Å². The Balaban J connectivity index is 2.24. The molecule has 1 atom stereocenters. The van der Waals surface area contributed by atoms with E-state index < -0.39 is 0 Å². The Bertz CT molecular complexity index is 483. The van der Waals surface area contributed by atoms with Crippen molar-refractivity contribution in [1.82, 2.24) is 10.3 Å². The zero-order valence-corrected chi connectivity index (χ0v) is 10.3. The van der Waals surface area contributed by atoms with Crippen LogP contribution in [0.25, 0.3) is 11.0 Å². The Morgan fingerprint density at radius 1 is 1.38 bits per heavy atom. The van der Waals surface area contributed by atoms with Gasteiger partial charge >= 0.3 is 0 Å². The number of nitrogens with zero attached hydrogens (tertiary/aromatic N) is 2. The van der Waals surface area contributed by atoms with Crippen molar-refractivity contribution < 1.29 is 4.63 Å². The average molecular weight is 237 g/mol. The monoisotopic (exact) mass is 237 g/mol. The van der Waals surface area contributed by atoms with Gasteiger partial charge in [-0.05, 0) is 28.4 Å². The van der Waals surface area contributed by atoms with E-state index in [0.29, 0.717) is 17.1 Å². The summed E-state index contributed by atoms with van der Waals surface area (Å²) >= 11 is 1.78. The fourth-order valence-corrected chi connectivity index (χ4v) is 2.46. The standard InChI is InChI=1S/C11H15N3OS/c1-3-7(2)6-16-9-5-4-8(12)10-11(9)14-15-13-10/h4-5,7H,3,6,12H2,1-2H3. The summed E-state index contributed by atoms with van der Waals surface area (Å²) in [6.07, 6.45) is 1.18. The number of hydrogen-bond donors (Lipinski definition) is 1. The first-order chi connectivity index (χ1) is 7.72. The minimum absolute atomic E-state index is 0.615. The maximum absolute atomic E-state index is 5.78. The average Bonchev–Trinajstić information content (AvgIpc) is 2.77. The fraction of sp³-hybridized carbons (Fsp3) is 0.455. The molecule has 0 amide bonds. The number of fused-ring (bicyclic) bond motifs is 1. The van der Waals surface area contributed by atoms with E-state index in [0.717, 1.165) is 16.2 Å². The molecular weight excluding hydrogens is 222 g/mol. The molecule has 0 radical (unpaired) electrons. The van der Waals surface area contributed by atoms with Crippen LogP contribution in [0.3, 0.4) is 0 Å². The lowest BCUT2D eigenvalue weighted by atomic mass is 10.2. The second kappa shape index (κ2) is 4.74. The molecule has 1 heterocycles. The molecule has 0 aliphatic rings. The molecule has 0 aliphatic carbocycles. The largest absolute Gasteiger partial charge is 0.397 e. The maximum atomic E-state index is 5.78. The van der Waals surface area contributed by atoms with Crippen LogP contribution in [-0.2, 0) is 0 Å². The third-order valence-electron chi connectivity index (χ3n) is 2.63.